The second-order valence-corrected chi connectivity index (χ2v) is 11.8. The first-order chi connectivity index (χ1) is 17.7. The van der Waals surface area contributed by atoms with Crippen LogP contribution in [0.3, 0.4) is 0 Å². The summed E-state index contributed by atoms with van der Waals surface area (Å²) in [6, 6.07) is 13.4. The molecule has 1 N–H and O–H groups in total. The number of nitrogens with one attached hydrogen (secondary N) is 1. The molecule has 4 rings (SSSR count). The van der Waals surface area contributed by atoms with Gasteiger partial charge in [-0.1, -0.05) is 61.2 Å². The van der Waals surface area contributed by atoms with Crippen molar-refractivity contribution >= 4 is 27.7 Å². The lowest BCUT2D eigenvalue weighted by molar-refractivity contribution is -0.141. The first-order valence-corrected chi connectivity index (χ1v) is 14.4. The Kier molecular flexibility index (Phi) is 8.32. The number of carbonyl (C=O) groups excluding carboxylic acids is 3. The van der Waals surface area contributed by atoms with Crippen molar-refractivity contribution < 1.29 is 22.8 Å². The molecule has 9 heteroatoms. The molecule has 8 nitrogen and oxygen atoms in total. The van der Waals surface area contributed by atoms with Gasteiger partial charge in [0.1, 0.15) is 10.9 Å². The summed E-state index contributed by atoms with van der Waals surface area (Å²) in [5.74, 6) is -1.01. The van der Waals surface area contributed by atoms with E-state index in [2.05, 4.69) is 5.32 Å². The molecule has 198 valence electrons. The lowest BCUT2D eigenvalue weighted by atomic mass is 9.95. The van der Waals surface area contributed by atoms with Gasteiger partial charge in [0.05, 0.1) is 5.56 Å². The van der Waals surface area contributed by atoms with Crippen LogP contribution in [0.2, 0.25) is 0 Å². The zero-order valence-electron chi connectivity index (χ0n) is 21.5. The van der Waals surface area contributed by atoms with Crippen molar-refractivity contribution in [1.29, 1.82) is 0 Å². The largest absolute Gasteiger partial charge is 0.352 e. The highest BCUT2D eigenvalue weighted by molar-refractivity contribution is 7.90. The Balaban J connectivity index is 1.43. The highest BCUT2D eigenvalue weighted by Crippen LogP contribution is 2.30. The Labute approximate surface area is 219 Å². The third-order valence-electron chi connectivity index (χ3n) is 7.26. The molecule has 0 saturated heterocycles. The summed E-state index contributed by atoms with van der Waals surface area (Å²) in [6.07, 6.45) is 5.44. The zero-order valence-corrected chi connectivity index (χ0v) is 22.3. The van der Waals surface area contributed by atoms with Gasteiger partial charge in [-0.05, 0) is 50.8 Å². The summed E-state index contributed by atoms with van der Waals surface area (Å²) >= 11 is 0. The normalized spacial score (nSPS) is 17.8. The lowest BCUT2D eigenvalue weighted by Crippen LogP contribution is -2.50. The van der Waals surface area contributed by atoms with E-state index in [1.165, 1.54) is 18.6 Å². The SMILES string of the molecule is Cc1ccc(CN(C(=O)CCCN2C(=O)c3ccccc3S2(=O)=O)C(C)C(=O)NC2CCCCC2)cc1. The van der Waals surface area contributed by atoms with Crippen molar-refractivity contribution in [2.24, 2.45) is 0 Å². The summed E-state index contributed by atoms with van der Waals surface area (Å²) in [5.41, 5.74) is 2.16. The first-order valence-electron chi connectivity index (χ1n) is 13.0. The topological polar surface area (TPSA) is 104 Å². The average molecular weight is 526 g/mol. The third-order valence-corrected chi connectivity index (χ3v) is 9.10. The van der Waals surface area contributed by atoms with Crippen LogP contribution in [0.4, 0.5) is 0 Å². The minimum absolute atomic E-state index is 0.000306. The highest BCUT2D eigenvalue weighted by atomic mass is 32.2. The van der Waals surface area contributed by atoms with Gasteiger partial charge < -0.3 is 10.2 Å². The predicted molar refractivity (Wildman–Crippen MR) is 140 cm³/mol. The molecule has 1 atom stereocenters. The van der Waals surface area contributed by atoms with Crippen LogP contribution < -0.4 is 5.32 Å². The molecular formula is C28H35N3O5S. The van der Waals surface area contributed by atoms with E-state index in [1.54, 1.807) is 24.0 Å². The van der Waals surface area contributed by atoms with Crippen molar-refractivity contribution in [3.8, 4) is 0 Å². The van der Waals surface area contributed by atoms with E-state index in [1.807, 2.05) is 31.2 Å². The molecule has 0 radical (unpaired) electrons. The number of hydrogen-bond acceptors (Lipinski definition) is 5. The fraction of sp³-hybridized carbons (Fsp3) is 0.464. The van der Waals surface area contributed by atoms with Crippen molar-refractivity contribution in [3.63, 3.8) is 0 Å². The number of sulfonamides is 1. The van der Waals surface area contributed by atoms with Crippen LogP contribution >= 0.6 is 0 Å². The molecule has 1 heterocycles. The van der Waals surface area contributed by atoms with Gasteiger partial charge in [-0.2, -0.15) is 0 Å². The second kappa shape index (κ2) is 11.5. The van der Waals surface area contributed by atoms with E-state index in [-0.39, 0.29) is 54.2 Å². The maximum atomic E-state index is 13.4. The molecular weight excluding hydrogens is 490 g/mol. The third kappa shape index (κ3) is 6.04. The zero-order chi connectivity index (χ0) is 26.6. The number of hydrogen-bond donors (Lipinski definition) is 1. The number of rotatable bonds is 9. The molecule has 1 fully saturated rings. The van der Waals surface area contributed by atoms with E-state index in [0.29, 0.717) is 0 Å². The van der Waals surface area contributed by atoms with E-state index >= 15 is 0 Å². The number of carbonyl (C=O) groups is 3. The van der Waals surface area contributed by atoms with E-state index in [0.717, 1.165) is 41.1 Å². The Morgan fingerprint density at radius 3 is 2.41 bits per heavy atom. The number of fused-ring (bicyclic) bond motifs is 1. The summed E-state index contributed by atoms with van der Waals surface area (Å²) < 4.78 is 26.5. The van der Waals surface area contributed by atoms with Gasteiger partial charge in [0, 0.05) is 25.6 Å². The molecule has 37 heavy (non-hydrogen) atoms. The fourth-order valence-electron chi connectivity index (χ4n) is 5.01. The molecule has 3 amide bonds. The Morgan fingerprint density at radius 2 is 1.73 bits per heavy atom. The summed E-state index contributed by atoms with van der Waals surface area (Å²) in [5, 5.41) is 3.11. The van der Waals surface area contributed by atoms with Crippen LogP contribution in [0.5, 0.6) is 0 Å². The summed E-state index contributed by atoms with van der Waals surface area (Å²) in [6.45, 7) is 3.89. The number of aryl methyl sites for hydroxylation is 1. The van der Waals surface area contributed by atoms with Gasteiger partial charge in [-0.25, -0.2) is 12.7 Å². The van der Waals surface area contributed by atoms with Gasteiger partial charge in [0.25, 0.3) is 15.9 Å². The first kappa shape index (κ1) is 26.9. The maximum Gasteiger partial charge on any atom is 0.269 e. The lowest BCUT2D eigenvalue weighted by Gasteiger charge is -2.31. The molecule has 0 bridgehead atoms. The van der Waals surface area contributed by atoms with Crippen molar-refractivity contribution in [1.82, 2.24) is 14.5 Å². The molecule has 1 unspecified atom stereocenters. The Bertz CT molecular complexity index is 1250. The number of benzene rings is 2. The number of amides is 3. The van der Waals surface area contributed by atoms with Crippen LogP contribution in [0.15, 0.2) is 53.4 Å². The van der Waals surface area contributed by atoms with E-state index < -0.39 is 22.0 Å². The minimum Gasteiger partial charge on any atom is -0.352 e. The minimum atomic E-state index is -3.92. The summed E-state index contributed by atoms with van der Waals surface area (Å²) in [4.78, 5) is 40.7. The monoisotopic (exact) mass is 525 g/mol. The quantitative estimate of drug-likeness (QED) is 0.537. The highest BCUT2D eigenvalue weighted by Gasteiger charge is 2.40. The van der Waals surface area contributed by atoms with Gasteiger partial charge >= 0.3 is 0 Å². The van der Waals surface area contributed by atoms with Gasteiger partial charge in [-0.3, -0.25) is 14.4 Å². The van der Waals surface area contributed by atoms with Gasteiger partial charge in [0.15, 0.2) is 0 Å². The smallest absolute Gasteiger partial charge is 0.269 e. The molecule has 1 aliphatic heterocycles. The second-order valence-electron chi connectivity index (χ2n) is 10.0. The molecule has 1 aliphatic carbocycles. The standard InChI is InChI=1S/C28H35N3O5S/c1-20-14-16-22(17-15-20)19-30(21(2)27(33)29-23-9-4-3-5-10-23)26(32)13-8-18-31-28(34)24-11-6-7-12-25(24)37(31,35)36/h6-7,11-12,14-17,21,23H,3-5,8-10,13,18-19H2,1-2H3,(H,29,33). The average Bonchev–Trinajstić information content (AvgIpc) is 3.09. The Hall–Kier alpha value is -3.20. The van der Waals surface area contributed by atoms with Gasteiger partial charge in [0.2, 0.25) is 11.8 Å². The molecule has 2 aromatic carbocycles. The van der Waals surface area contributed by atoms with Crippen LogP contribution in [-0.4, -0.2) is 54.0 Å². The molecule has 1 saturated carbocycles. The van der Waals surface area contributed by atoms with Crippen LogP contribution in [-0.2, 0) is 26.2 Å². The molecule has 0 spiro atoms. The van der Waals surface area contributed by atoms with Crippen molar-refractivity contribution in [2.75, 3.05) is 6.54 Å². The van der Waals surface area contributed by atoms with Gasteiger partial charge in [-0.15, -0.1) is 0 Å². The molecule has 2 aliphatic rings. The molecule has 2 aromatic rings. The van der Waals surface area contributed by atoms with Crippen LogP contribution in [0.25, 0.3) is 0 Å². The molecule has 0 aromatic heterocycles. The number of nitrogens with zero attached hydrogens (tertiary/aromatic N) is 2. The summed E-state index contributed by atoms with van der Waals surface area (Å²) in [7, 11) is -3.92. The van der Waals surface area contributed by atoms with Crippen molar-refractivity contribution in [2.45, 2.75) is 82.3 Å². The fourth-order valence-corrected chi connectivity index (χ4v) is 6.62. The predicted octanol–water partition coefficient (Wildman–Crippen LogP) is 3.79. The Morgan fingerprint density at radius 1 is 1.05 bits per heavy atom. The van der Waals surface area contributed by atoms with E-state index in [9.17, 15) is 22.8 Å². The maximum absolute atomic E-state index is 13.4. The van der Waals surface area contributed by atoms with E-state index in [4.69, 9.17) is 0 Å². The van der Waals surface area contributed by atoms with Crippen molar-refractivity contribution in [3.05, 3.63) is 65.2 Å². The van der Waals surface area contributed by atoms with Crippen LogP contribution in [0, 0.1) is 6.92 Å². The van der Waals surface area contributed by atoms with Crippen LogP contribution in [0.1, 0.15) is 73.4 Å².